The molecule has 0 aromatic heterocycles. The van der Waals surface area contributed by atoms with E-state index in [1.54, 1.807) is 0 Å². The van der Waals surface area contributed by atoms with Crippen molar-refractivity contribution in [3.05, 3.63) is 71.3 Å². The van der Waals surface area contributed by atoms with Crippen LogP contribution >= 0.6 is 0 Å². The molecule has 29 heavy (non-hydrogen) atoms. The van der Waals surface area contributed by atoms with Gasteiger partial charge in [0.15, 0.2) is 0 Å². The van der Waals surface area contributed by atoms with Crippen molar-refractivity contribution in [2.45, 2.75) is 19.4 Å². The maximum Gasteiger partial charge on any atom is 0.317 e. The molecule has 1 fully saturated rings. The molecule has 2 aromatic carbocycles. The van der Waals surface area contributed by atoms with Crippen molar-refractivity contribution >= 4 is 6.03 Å². The number of nitrogens with zero attached hydrogens (tertiary/aromatic N) is 3. The number of rotatable bonds is 7. The Hall–Kier alpha value is -2.37. The average Bonchev–Trinajstić information content (AvgIpc) is 2.74. The summed E-state index contributed by atoms with van der Waals surface area (Å²) < 4.78 is 0. The number of hydrogen-bond donors (Lipinski definition) is 1. The number of benzene rings is 2. The predicted molar refractivity (Wildman–Crippen MR) is 119 cm³/mol. The van der Waals surface area contributed by atoms with E-state index in [0.29, 0.717) is 6.54 Å². The summed E-state index contributed by atoms with van der Waals surface area (Å²) in [5.74, 6) is 0. The Balaban J connectivity index is 1.43. The van der Waals surface area contributed by atoms with E-state index < -0.39 is 0 Å². The third kappa shape index (κ3) is 6.31. The van der Waals surface area contributed by atoms with Gasteiger partial charge in [0.05, 0.1) is 6.04 Å². The Kier molecular flexibility index (Phi) is 7.67. The molecule has 0 saturated carbocycles. The highest BCUT2D eigenvalue weighted by Crippen LogP contribution is 2.18. The molecule has 5 heteroatoms. The molecule has 5 nitrogen and oxygen atoms in total. The first-order chi connectivity index (χ1) is 14.0. The van der Waals surface area contributed by atoms with Gasteiger partial charge in [-0.3, -0.25) is 4.90 Å². The molecule has 1 aliphatic heterocycles. The highest BCUT2D eigenvalue weighted by Gasteiger charge is 2.22. The summed E-state index contributed by atoms with van der Waals surface area (Å²) in [6.07, 6.45) is 1.06. The number of likely N-dealkylation sites (N-methyl/N-ethyl adjacent to an activating group) is 1. The molecule has 2 aromatic rings. The molecular formula is C24H34N4O. The van der Waals surface area contributed by atoms with Crippen LogP contribution in [0.4, 0.5) is 4.79 Å². The van der Waals surface area contributed by atoms with Gasteiger partial charge < -0.3 is 15.1 Å². The lowest BCUT2D eigenvalue weighted by Crippen LogP contribution is -2.52. The normalized spacial score (nSPS) is 16.1. The fourth-order valence-corrected chi connectivity index (χ4v) is 3.79. The van der Waals surface area contributed by atoms with Gasteiger partial charge in [-0.2, -0.15) is 0 Å². The number of carbonyl (C=O) groups is 1. The molecule has 1 N–H and O–H groups in total. The second kappa shape index (κ2) is 10.4. The fraction of sp³-hybridized carbons (Fsp3) is 0.458. The summed E-state index contributed by atoms with van der Waals surface area (Å²) >= 11 is 0. The first-order valence-electron chi connectivity index (χ1n) is 10.5. The molecule has 0 spiro atoms. The van der Waals surface area contributed by atoms with Gasteiger partial charge in [-0.15, -0.1) is 0 Å². The maximum absolute atomic E-state index is 12.7. The highest BCUT2D eigenvalue weighted by molar-refractivity contribution is 5.74. The van der Waals surface area contributed by atoms with E-state index in [4.69, 9.17) is 0 Å². The summed E-state index contributed by atoms with van der Waals surface area (Å²) in [6, 6.07) is 19.4. The van der Waals surface area contributed by atoms with Gasteiger partial charge in [-0.25, -0.2) is 4.79 Å². The van der Waals surface area contributed by atoms with Gasteiger partial charge >= 0.3 is 6.03 Å². The van der Waals surface area contributed by atoms with Gasteiger partial charge in [-0.1, -0.05) is 60.2 Å². The number of piperazine rings is 1. The number of aryl methyl sites for hydroxylation is 1. The van der Waals surface area contributed by atoms with Crippen LogP contribution in [0.3, 0.4) is 0 Å². The molecule has 3 rings (SSSR count). The van der Waals surface area contributed by atoms with Gasteiger partial charge in [0.1, 0.15) is 0 Å². The van der Waals surface area contributed by atoms with Crippen LogP contribution in [-0.2, 0) is 6.42 Å². The van der Waals surface area contributed by atoms with Crippen LogP contribution in [0.1, 0.15) is 22.7 Å². The van der Waals surface area contributed by atoms with E-state index in [1.165, 1.54) is 16.7 Å². The van der Waals surface area contributed by atoms with E-state index in [2.05, 4.69) is 90.7 Å². The Morgan fingerprint density at radius 3 is 2.28 bits per heavy atom. The topological polar surface area (TPSA) is 38.8 Å². The van der Waals surface area contributed by atoms with E-state index in [1.807, 2.05) is 4.90 Å². The van der Waals surface area contributed by atoms with Crippen molar-refractivity contribution < 1.29 is 4.79 Å². The van der Waals surface area contributed by atoms with E-state index in [9.17, 15) is 4.79 Å². The quantitative estimate of drug-likeness (QED) is 0.784. The monoisotopic (exact) mass is 394 g/mol. The molecular weight excluding hydrogens is 360 g/mol. The van der Waals surface area contributed by atoms with Crippen LogP contribution in [0.15, 0.2) is 54.6 Å². The van der Waals surface area contributed by atoms with Gasteiger partial charge in [-0.05, 0) is 38.6 Å². The summed E-state index contributed by atoms with van der Waals surface area (Å²) in [5.41, 5.74) is 3.85. The number of nitrogens with one attached hydrogen (secondary N) is 1. The van der Waals surface area contributed by atoms with E-state index >= 15 is 0 Å². The Labute approximate surface area is 175 Å². The summed E-state index contributed by atoms with van der Waals surface area (Å²) in [4.78, 5) is 19.2. The third-order valence-corrected chi connectivity index (χ3v) is 5.75. The zero-order valence-corrected chi connectivity index (χ0v) is 18.0. The summed E-state index contributed by atoms with van der Waals surface area (Å²) in [5, 5.41) is 3.15. The fourth-order valence-electron chi connectivity index (χ4n) is 3.79. The summed E-state index contributed by atoms with van der Waals surface area (Å²) in [6.45, 7) is 7.22. The van der Waals surface area contributed by atoms with Crippen LogP contribution in [-0.4, -0.2) is 74.1 Å². The molecule has 1 unspecified atom stereocenters. The minimum Gasteiger partial charge on any atom is -0.336 e. The molecule has 0 aliphatic carbocycles. The SMILES string of the molecule is Cc1ccc(C(CNC(=O)N2CCN(CCc3ccccc3)CC2)N(C)C)cc1. The first kappa shape index (κ1) is 21.3. The number of hydrogen-bond acceptors (Lipinski definition) is 3. The van der Waals surface area contributed by atoms with Gasteiger partial charge in [0, 0.05) is 39.3 Å². The Bertz CT molecular complexity index is 752. The van der Waals surface area contributed by atoms with Crippen LogP contribution in [0.2, 0.25) is 0 Å². The second-order valence-corrected chi connectivity index (χ2v) is 8.14. The molecule has 0 radical (unpaired) electrons. The molecule has 1 aliphatic rings. The molecule has 1 atom stereocenters. The van der Waals surface area contributed by atoms with Gasteiger partial charge in [0.25, 0.3) is 0 Å². The van der Waals surface area contributed by atoms with Crippen LogP contribution in [0.5, 0.6) is 0 Å². The number of urea groups is 1. The smallest absolute Gasteiger partial charge is 0.317 e. The van der Waals surface area contributed by atoms with Crippen molar-refractivity contribution in [1.29, 1.82) is 0 Å². The predicted octanol–water partition coefficient (Wildman–Crippen LogP) is 3.17. The third-order valence-electron chi connectivity index (χ3n) is 5.75. The van der Waals surface area contributed by atoms with Crippen molar-refractivity contribution in [2.75, 3.05) is 53.4 Å². The zero-order chi connectivity index (χ0) is 20.6. The van der Waals surface area contributed by atoms with Crippen LogP contribution in [0.25, 0.3) is 0 Å². The minimum absolute atomic E-state index is 0.0478. The Morgan fingerprint density at radius 2 is 1.66 bits per heavy atom. The molecule has 0 bridgehead atoms. The lowest BCUT2D eigenvalue weighted by atomic mass is 10.0. The average molecular weight is 395 g/mol. The standard InChI is InChI=1S/C24H34N4O/c1-20-9-11-22(12-10-20)23(26(2)3)19-25-24(29)28-17-15-27(16-18-28)14-13-21-7-5-4-6-8-21/h4-12,23H,13-19H2,1-3H3,(H,25,29). The number of amides is 2. The molecule has 1 saturated heterocycles. The van der Waals surface area contributed by atoms with Crippen molar-refractivity contribution in [2.24, 2.45) is 0 Å². The minimum atomic E-state index is 0.0478. The zero-order valence-electron chi connectivity index (χ0n) is 18.0. The Morgan fingerprint density at radius 1 is 1.00 bits per heavy atom. The van der Waals surface area contributed by atoms with E-state index in [0.717, 1.165) is 39.1 Å². The number of carbonyl (C=O) groups excluding carboxylic acids is 1. The molecule has 1 heterocycles. The van der Waals surface area contributed by atoms with Crippen molar-refractivity contribution in [3.8, 4) is 0 Å². The largest absolute Gasteiger partial charge is 0.336 e. The van der Waals surface area contributed by atoms with Crippen LogP contribution < -0.4 is 5.32 Å². The highest BCUT2D eigenvalue weighted by atomic mass is 16.2. The van der Waals surface area contributed by atoms with Crippen LogP contribution in [0, 0.1) is 6.92 Å². The molecule has 2 amide bonds. The lowest BCUT2D eigenvalue weighted by Gasteiger charge is -2.35. The maximum atomic E-state index is 12.7. The first-order valence-corrected chi connectivity index (χ1v) is 10.5. The van der Waals surface area contributed by atoms with Gasteiger partial charge in [0.2, 0.25) is 0 Å². The summed E-state index contributed by atoms with van der Waals surface area (Å²) in [7, 11) is 4.12. The lowest BCUT2D eigenvalue weighted by molar-refractivity contribution is 0.138. The van der Waals surface area contributed by atoms with Crippen molar-refractivity contribution in [3.63, 3.8) is 0 Å². The van der Waals surface area contributed by atoms with Crippen molar-refractivity contribution in [1.82, 2.24) is 20.0 Å². The van der Waals surface area contributed by atoms with E-state index in [-0.39, 0.29) is 12.1 Å². The molecule has 156 valence electrons. The second-order valence-electron chi connectivity index (χ2n) is 8.14.